The second-order valence-electron chi connectivity index (χ2n) is 4.47. The molecule has 0 fully saturated rings. The molecule has 2 aromatic rings. The summed E-state index contributed by atoms with van der Waals surface area (Å²) in [7, 11) is -0.329. The van der Waals surface area contributed by atoms with Crippen molar-refractivity contribution in [3.63, 3.8) is 0 Å². The van der Waals surface area contributed by atoms with E-state index in [1.54, 1.807) is 24.1 Å². The summed E-state index contributed by atoms with van der Waals surface area (Å²) in [5, 5.41) is 4.23. The number of halogens is 1. The van der Waals surface area contributed by atoms with Gasteiger partial charge in [-0.15, -0.1) is 0 Å². The highest BCUT2D eigenvalue weighted by molar-refractivity contribution is 7.89. The lowest BCUT2D eigenvalue weighted by Gasteiger charge is -2.16. The van der Waals surface area contributed by atoms with Gasteiger partial charge in [0.05, 0.1) is 21.8 Å². The average Bonchev–Trinajstić information content (AvgIpc) is 2.78. The molecule has 1 aromatic carbocycles. The fourth-order valence-corrected chi connectivity index (χ4v) is 3.17. The number of rotatable bonds is 4. The summed E-state index contributed by atoms with van der Waals surface area (Å²) >= 11 is 5.87. The van der Waals surface area contributed by atoms with E-state index in [-0.39, 0.29) is 16.5 Å². The molecule has 0 aliphatic rings. The minimum absolute atomic E-state index is 0.114. The first-order valence-electron chi connectivity index (χ1n) is 5.79. The molecule has 20 heavy (non-hydrogen) atoms. The molecule has 6 nitrogen and oxygen atoms in total. The molecule has 0 unspecified atom stereocenters. The minimum atomic E-state index is -3.61. The van der Waals surface area contributed by atoms with Crippen molar-refractivity contribution < 1.29 is 8.42 Å². The highest BCUT2D eigenvalue weighted by atomic mass is 35.5. The number of hydrogen-bond donors (Lipinski definition) is 1. The van der Waals surface area contributed by atoms with Gasteiger partial charge in [-0.25, -0.2) is 8.42 Å². The van der Waals surface area contributed by atoms with Gasteiger partial charge in [-0.2, -0.15) is 9.40 Å². The predicted octanol–water partition coefficient (Wildman–Crippen LogP) is 1.48. The molecule has 0 radical (unpaired) electrons. The second-order valence-corrected chi connectivity index (χ2v) is 6.92. The molecule has 2 rings (SSSR count). The minimum Gasteiger partial charge on any atom is -0.398 e. The Morgan fingerprint density at radius 3 is 2.70 bits per heavy atom. The molecule has 0 aliphatic carbocycles. The number of nitrogens with zero attached hydrogens (tertiary/aromatic N) is 3. The zero-order valence-electron chi connectivity index (χ0n) is 11.1. The predicted molar refractivity (Wildman–Crippen MR) is 77.7 cm³/mol. The van der Waals surface area contributed by atoms with Gasteiger partial charge in [0.2, 0.25) is 10.0 Å². The van der Waals surface area contributed by atoms with E-state index in [4.69, 9.17) is 17.3 Å². The summed E-state index contributed by atoms with van der Waals surface area (Å²) in [6, 6.07) is 4.27. The zero-order chi connectivity index (χ0) is 14.9. The van der Waals surface area contributed by atoms with Crippen molar-refractivity contribution in [3.8, 4) is 0 Å². The number of sulfonamides is 1. The van der Waals surface area contributed by atoms with Crippen molar-refractivity contribution in [1.29, 1.82) is 0 Å². The zero-order valence-corrected chi connectivity index (χ0v) is 12.7. The molecule has 0 saturated heterocycles. The van der Waals surface area contributed by atoms with Crippen LogP contribution in [0.3, 0.4) is 0 Å². The van der Waals surface area contributed by atoms with Gasteiger partial charge >= 0.3 is 0 Å². The molecule has 0 aliphatic heterocycles. The van der Waals surface area contributed by atoms with Gasteiger partial charge in [-0.3, -0.25) is 4.68 Å². The number of nitrogens with two attached hydrogens (primary N) is 1. The number of aryl methyl sites for hydroxylation is 1. The Bertz CT molecular complexity index is 727. The van der Waals surface area contributed by atoms with Gasteiger partial charge in [0.25, 0.3) is 0 Å². The Labute approximate surface area is 122 Å². The lowest BCUT2D eigenvalue weighted by molar-refractivity contribution is 0.466. The Hall–Kier alpha value is -1.57. The van der Waals surface area contributed by atoms with Crippen LogP contribution in [0.15, 0.2) is 35.5 Å². The van der Waals surface area contributed by atoms with E-state index in [2.05, 4.69) is 5.10 Å². The van der Waals surface area contributed by atoms with E-state index in [1.807, 2.05) is 0 Å². The van der Waals surface area contributed by atoms with Gasteiger partial charge in [0, 0.05) is 32.4 Å². The summed E-state index contributed by atoms with van der Waals surface area (Å²) in [5.41, 5.74) is 6.74. The number of hydrogen-bond acceptors (Lipinski definition) is 4. The molecule has 0 bridgehead atoms. The summed E-state index contributed by atoms with van der Waals surface area (Å²) in [5.74, 6) is 0. The van der Waals surface area contributed by atoms with Crippen LogP contribution in [-0.4, -0.2) is 29.6 Å². The third-order valence-electron chi connectivity index (χ3n) is 2.84. The number of nitrogen functional groups attached to an aromatic ring is 1. The van der Waals surface area contributed by atoms with Crippen molar-refractivity contribution in [2.24, 2.45) is 7.05 Å². The van der Waals surface area contributed by atoms with Crippen LogP contribution in [0.1, 0.15) is 5.56 Å². The highest BCUT2D eigenvalue weighted by Crippen LogP contribution is 2.24. The Morgan fingerprint density at radius 1 is 1.45 bits per heavy atom. The molecule has 0 spiro atoms. The second kappa shape index (κ2) is 5.43. The number of benzene rings is 1. The van der Waals surface area contributed by atoms with E-state index in [9.17, 15) is 8.42 Å². The van der Waals surface area contributed by atoms with E-state index < -0.39 is 10.0 Å². The van der Waals surface area contributed by atoms with Crippen LogP contribution in [0.25, 0.3) is 0 Å². The van der Waals surface area contributed by atoms with Crippen LogP contribution in [0.4, 0.5) is 5.69 Å². The molecular weight excluding hydrogens is 300 g/mol. The van der Waals surface area contributed by atoms with E-state index >= 15 is 0 Å². The molecular formula is C12H15ClN4O2S. The summed E-state index contributed by atoms with van der Waals surface area (Å²) in [6.07, 6.45) is 3.39. The standard InChI is InChI=1S/C12H15ClN4O2S/c1-16-7-9(6-15-16)8-17(2)20(18,19)10-3-4-12(14)11(13)5-10/h3-7H,8,14H2,1-2H3. The van der Waals surface area contributed by atoms with Gasteiger partial charge in [0.15, 0.2) is 0 Å². The molecule has 1 aromatic heterocycles. The monoisotopic (exact) mass is 314 g/mol. The Morgan fingerprint density at radius 2 is 2.15 bits per heavy atom. The Kier molecular flexibility index (Phi) is 4.03. The SMILES string of the molecule is CN(Cc1cnn(C)c1)S(=O)(=O)c1ccc(N)c(Cl)c1. The fourth-order valence-electron chi connectivity index (χ4n) is 1.74. The fraction of sp³-hybridized carbons (Fsp3) is 0.250. The topological polar surface area (TPSA) is 81.2 Å². The van der Waals surface area contributed by atoms with Crippen LogP contribution < -0.4 is 5.73 Å². The van der Waals surface area contributed by atoms with Crippen LogP contribution in [0.5, 0.6) is 0 Å². The van der Waals surface area contributed by atoms with Gasteiger partial charge in [-0.1, -0.05) is 11.6 Å². The van der Waals surface area contributed by atoms with Crippen molar-refractivity contribution >= 4 is 27.3 Å². The van der Waals surface area contributed by atoms with Crippen molar-refractivity contribution in [3.05, 3.63) is 41.2 Å². The molecule has 8 heteroatoms. The van der Waals surface area contributed by atoms with E-state index in [0.29, 0.717) is 5.69 Å². The third kappa shape index (κ3) is 2.95. The lowest BCUT2D eigenvalue weighted by atomic mass is 10.3. The third-order valence-corrected chi connectivity index (χ3v) is 4.97. The first kappa shape index (κ1) is 14.8. The maximum absolute atomic E-state index is 12.4. The highest BCUT2D eigenvalue weighted by Gasteiger charge is 2.22. The normalized spacial score (nSPS) is 12.0. The van der Waals surface area contributed by atoms with E-state index in [0.717, 1.165) is 5.56 Å². The summed E-state index contributed by atoms with van der Waals surface area (Å²) in [4.78, 5) is 0.114. The molecule has 0 amide bonds. The van der Waals surface area contributed by atoms with Crippen molar-refractivity contribution in [2.75, 3.05) is 12.8 Å². The van der Waals surface area contributed by atoms with Crippen LogP contribution in [0, 0.1) is 0 Å². The maximum atomic E-state index is 12.4. The largest absolute Gasteiger partial charge is 0.398 e. The summed E-state index contributed by atoms with van der Waals surface area (Å²) < 4.78 is 27.7. The lowest BCUT2D eigenvalue weighted by Crippen LogP contribution is -2.26. The van der Waals surface area contributed by atoms with Crippen LogP contribution in [-0.2, 0) is 23.6 Å². The first-order valence-corrected chi connectivity index (χ1v) is 7.61. The van der Waals surface area contributed by atoms with E-state index in [1.165, 1.54) is 29.6 Å². The first-order chi connectivity index (χ1) is 9.30. The number of anilines is 1. The molecule has 0 saturated carbocycles. The van der Waals surface area contributed by atoms with Crippen LogP contribution >= 0.6 is 11.6 Å². The van der Waals surface area contributed by atoms with Gasteiger partial charge in [0.1, 0.15) is 0 Å². The smallest absolute Gasteiger partial charge is 0.243 e. The maximum Gasteiger partial charge on any atom is 0.243 e. The molecule has 0 atom stereocenters. The summed E-state index contributed by atoms with van der Waals surface area (Å²) in [6.45, 7) is 0.234. The van der Waals surface area contributed by atoms with Crippen LogP contribution in [0.2, 0.25) is 5.02 Å². The van der Waals surface area contributed by atoms with Crippen molar-refractivity contribution in [1.82, 2.24) is 14.1 Å². The molecule has 2 N–H and O–H groups in total. The van der Waals surface area contributed by atoms with Gasteiger partial charge in [-0.05, 0) is 18.2 Å². The van der Waals surface area contributed by atoms with Gasteiger partial charge < -0.3 is 5.73 Å². The average molecular weight is 315 g/mol. The molecule has 1 heterocycles. The quantitative estimate of drug-likeness (QED) is 0.867. The Balaban J connectivity index is 2.27. The number of aromatic nitrogens is 2. The molecule has 108 valence electrons. The van der Waals surface area contributed by atoms with Crippen molar-refractivity contribution in [2.45, 2.75) is 11.4 Å².